The summed E-state index contributed by atoms with van der Waals surface area (Å²) in [5.41, 5.74) is 16.6. The lowest BCUT2D eigenvalue weighted by molar-refractivity contribution is -0.00303. The Morgan fingerprint density at radius 3 is 2.06 bits per heavy atom. The SMILES string of the molecule is CC1(C)CCCC(C)(C)N1Nc1cc2nc3ccccc3nc2c(-c2cc(Cl)cc(Cl)c2)c1N. The topological polar surface area (TPSA) is 67.1 Å². The van der Waals surface area contributed by atoms with E-state index in [9.17, 15) is 0 Å². The number of nitrogens with one attached hydrogen (secondary N) is 1. The highest BCUT2D eigenvalue weighted by molar-refractivity contribution is 6.35. The number of hydrogen-bond donors (Lipinski definition) is 2. The van der Waals surface area contributed by atoms with Crippen LogP contribution in [0.4, 0.5) is 11.4 Å². The van der Waals surface area contributed by atoms with Crippen LogP contribution < -0.4 is 11.2 Å². The molecule has 3 N–H and O–H groups in total. The lowest BCUT2D eigenvalue weighted by atomic mass is 9.81. The first-order chi connectivity index (χ1) is 16.0. The highest BCUT2D eigenvalue weighted by atomic mass is 35.5. The fourth-order valence-electron chi connectivity index (χ4n) is 5.28. The first kappa shape index (κ1) is 23.2. The van der Waals surface area contributed by atoms with E-state index in [-0.39, 0.29) is 11.1 Å². The van der Waals surface area contributed by atoms with Crippen LogP contribution in [0.2, 0.25) is 10.0 Å². The highest BCUT2D eigenvalue weighted by Gasteiger charge is 2.42. The zero-order valence-electron chi connectivity index (χ0n) is 19.9. The van der Waals surface area contributed by atoms with Gasteiger partial charge >= 0.3 is 0 Å². The molecule has 0 amide bonds. The van der Waals surface area contributed by atoms with E-state index >= 15 is 0 Å². The van der Waals surface area contributed by atoms with Crippen molar-refractivity contribution in [1.82, 2.24) is 15.0 Å². The maximum absolute atomic E-state index is 6.88. The standard InChI is InChI=1S/C27H29Cl2N5/c1-26(2)10-7-11-27(3,4)34(26)33-21-15-22-25(32-20-9-6-5-8-19(20)31-22)23(24(21)30)16-12-17(28)14-18(29)13-16/h5-6,8-9,12-15,33H,7,10-11,30H2,1-4H3. The van der Waals surface area contributed by atoms with E-state index in [1.54, 1.807) is 6.07 Å². The number of rotatable bonds is 3. The van der Waals surface area contributed by atoms with Crippen LogP contribution in [0.3, 0.4) is 0 Å². The van der Waals surface area contributed by atoms with Gasteiger partial charge in [-0.25, -0.2) is 15.0 Å². The Morgan fingerprint density at radius 1 is 0.853 bits per heavy atom. The second kappa shape index (κ2) is 8.26. The van der Waals surface area contributed by atoms with E-state index in [2.05, 4.69) is 38.1 Å². The third kappa shape index (κ3) is 4.06. The Morgan fingerprint density at radius 2 is 1.44 bits per heavy atom. The smallest absolute Gasteiger partial charge is 0.0995 e. The van der Waals surface area contributed by atoms with E-state index in [0.717, 1.165) is 51.7 Å². The van der Waals surface area contributed by atoms with Crippen molar-refractivity contribution < 1.29 is 0 Å². The van der Waals surface area contributed by atoms with Gasteiger partial charge in [0.05, 0.1) is 33.4 Å². The molecule has 1 fully saturated rings. The second-order valence-corrected chi connectivity index (χ2v) is 11.2. The van der Waals surface area contributed by atoms with Gasteiger partial charge in [0, 0.05) is 26.7 Å². The molecule has 1 aliphatic rings. The third-order valence-electron chi connectivity index (χ3n) is 6.85. The fraction of sp³-hybridized carbons (Fsp3) is 0.333. The van der Waals surface area contributed by atoms with Crippen LogP contribution in [0, 0.1) is 0 Å². The third-order valence-corrected chi connectivity index (χ3v) is 7.28. The largest absolute Gasteiger partial charge is 0.396 e. The van der Waals surface area contributed by atoms with E-state index in [4.69, 9.17) is 38.9 Å². The predicted octanol–water partition coefficient (Wildman–Crippen LogP) is 7.71. The molecule has 5 nitrogen and oxygen atoms in total. The highest BCUT2D eigenvalue weighted by Crippen LogP contribution is 2.43. The number of nitrogen functional groups attached to an aromatic ring is 1. The summed E-state index contributed by atoms with van der Waals surface area (Å²) in [6.07, 6.45) is 3.38. The van der Waals surface area contributed by atoms with Gasteiger partial charge in [-0.3, -0.25) is 0 Å². The lowest BCUT2D eigenvalue weighted by Crippen LogP contribution is -2.61. The van der Waals surface area contributed by atoms with Gasteiger partial charge in [0.1, 0.15) is 0 Å². The van der Waals surface area contributed by atoms with Crippen molar-refractivity contribution in [2.45, 2.75) is 58.0 Å². The Kier molecular flexibility index (Phi) is 5.63. The van der Waals surface area contributed by atoms with Crippen molar-refractivity contribution in [3.8, 4) is 11.1 Å². The number of fused-ring (bicyclic) bond motifs is 2. The molecule has 0 spiro atoms. The molecule has 2 heterocycles. The molecule has 5 rings (SSSR count). The van der Waals surface area contributed by atoms with Gasteiger partial charge in [0.15, 0.2) is 0 Å². The van der Waals surface area contributed by atoms with Crippen LogP contribution in [0.5, 0.6) is 0 Å². The summed E-state index contributed by atoms with van der Waals surface area (Å²) in [7, 11) is 0. The summed E-state index contributed by atoms with van der Waals surface area (Å²) in [5, 5.41) is 3.42. The maximum Gasteiger partial charge on any atom is 0.0995 e. The molecule has 3 aromatic carbocycles. The van der Waals surface area contributed by atoms with Crippen LogP contribution in [0.25, 0.3) is 33.2 Å². The number of para-hydroxylation sites is 2. The number of hydrogen-bond acceptors (Lipinski definition) is 5. The molecule has 0 unspecified atom stereocenters. The van der Waals surface area contributed by atoms with Crippen LogP contribution in [0.15, 0.2) is 48.5 Å². The summed E-state index contributed by atoms with van der Waals surface area (Å²) >= 11 is 12.8. The molecule has 7 heteroatoms. The van der Waals surface area contributed by atoms with E-state index in [0.29, 0.717) is 15.7 Å². The van der Waals surface area contributed by atoms with Crippen molar-refractivity contribution in [2.24, 2.45) is 0 Å². The van der Waals surface area contributed by atoms with Crippen LogP contribution >= 0.6 is 23.2 Å². The van der Waals surface area contributed by atoms with Crippen molar-refractivity contribution >= 4 is 56.6 Å². The Balaban J connectivity index is 1.78. The molecular weight excluding hydrogens is 465 g/mol. The molecule has 0 bridgehead atoms. The number of aromatic nitrogens is 2. The normalized spacial score (nSPS) is 17.8. The van der Waals surface area contributed by atoms with Gasteiger partial charge in [-0.05, 0) is 88.9 Å². The molecule has 1 aromatic heterocycles. The van der Waals surface area contributed by atoms with Gasteiger partial charge in [0.2, 0.25) is 0 Å². The zero-order valence-corrected chi connectivity index (χ0v) is 21.4. The van der Waals surface area contributed by atoms with Crippen molar-refractivity contribution in [3.05, 3.63) is 58.6 Å². The maximum atomic E-state index is 6.88. The number of benzene rings is 3. The van der Waals surface area contributed by atoms with Crippen molar-refractivity contribution in [1.29, 1.82) is 0 Å². The van der Waals surface area contributed by atoms with E-state index in [1.165, 1.54) is 6.42 Å². The minimum atomic E-state index is -0.0439. The number of nitrogens with two attached hydrogens (primary N) is 1. The van der Waals surface area contributed by atoms with Crippen molar-refractivity contribution in [3.63, 3.8) is 0 Å². The summed E-state index contributed by atoms with van der Waals surface area (Å²) < 4.78 is 0. The van der Waals surface area contributed by atoms with E-state index < -0.39 is 0 Å². The van der Waals surface area contributed by atoms with Crippen LogP contribution in [-0.4, -0.2) is 26.1 Å². The number of piperidine rings is 1. The fourth-order valence-corrected chi connectivity index (χ4v) is 5.80. The van der Waals surface area contributed by atoms with E-state index in [1.807, 2.05) is 42.5 Å². The van der Waals surface area contributed by atoms with Gasteiger partial charge in [-0.2, -0.15) is 0 Å². The molecule has 176 valence electrons. The molecule has 1 aliphatic heterocycles. The molecule has 34 heavy (non-hydrogen) atoms. The van der Waals surface area contributed by atoms with Gasteiger partial charge < -0.3 is 11.2 Å². The van der Waals surface area contributed by atoms with Crippen LogP contribution in [0.1, 0.15) is 47.0 Å². The van der Waals surface area contributed by atoms with Gasteiger partial charge in [0.25, 0.3) is 0 Å². The summed E-state index contributed by atoms with van der Waals surface area (Å²) in [6, 6.07) is 15.3. The molecule has 0 aliphatic carbocycles. The molecule has 0 atom stereocenters. The second-order valence-electron chi connectivity index (χ2n) is 10.4. The molecule has 4 aromatic rings. The summed E-state index contributed by atoms with van der Waals surface area (Å²) in [6.45, 7) is 9.07. The number of hydrazine groups is 1. The average Bonchev–Trinajstić information content (AvgIpc) is 2.74. The lowest BCUT2D eigenvalue weighted by Gasteiger charge is -2.53. The zero-order chi connectivity index (χ0) is 24.3. The Labute approximate surface area is 210 Å². The molecular formula is C27H29Cl2N5. The van der Waals surface area contributed by atoms with Crippen molar-refractivity contribution in [2.75, 3.05) is 11.2 Å². The monoisotopic (exact) mass is 493 g/mol. The number of halogens is 2. The summed E-state index contributed by atoms with van der Waals surface area (Å²) in [4.78, 5) is 9.88. The quantitative estimate of drug-likeness (QED) is 0.226. The number of anilines is 2. The Bertz CT molecular complexity index is 1380. The minimum Gasteiger partial charge on any atom is -0.396 e. The molecule has 0 saturated carbocycles. The molecule has 0 radical (unpaired) electrons. The predicted molar refractivity (Wildman–Crippen MR) is 144 cm³/mol. The minimum absolute atomic E-state index is 0.0439. The first-order valence-corrected chi connectivity index (χ1v) is 12.3. The van der Waals surface area contributed by atoms with Gasteiger partial charge in [-0.15, -0.1) is 0 Å². The average molecular weight is 494 g/mol. The van der Waals surface area contributed by atoms with Gasteiger partial charge in [-0.1, -0.05) is 35.3 Å². The Hall–Kier alpha value is -2.60. The van der Waals surface area contributed by atoms with Crippen LogP contribution in [-0.2, 0) is 0 Å². The molecule has 1 saturated heterocycles. The first-order valence-electron chi connectivity index (χ1n) is 11.6. The number of nitrogens with zero attached hydrogens (tertiary/aromatic N) is 3. The summed E-state index contributed by atoms with van der Waals surface area (Å²) in [5.74, 6) is 0.